The van der Waals surface area contributed by atoms with E-state index in [1.807, 2.05) is 56.0 Å². The van der Waals surface area contributed by atoms with Gasteiger partial charge in [-0.15, -0.1) is 0 Å². The lowest BCUT2D eigenvalue weighted by Gasteiger charge is -2.43. The summed E-state index contributed by atoms with van der Waals surface area (Å²) in [5.74, 6) is 0.102. The van der Waals surface area contributed by atoms with Crippen LogP contribution in [0, 0.1) is 0 Å². The molecule has 4 aromatic rings. The standard InChI is InChI=1S/C38H48N4O3/c1-5-6-16-33-27-42(36(43)35-18-11-15-30-13-9-10-17-34(30)35)22-21-41(33)26-32(25-40-37(44)45-38(2,3)4)39-24-28-19-20-29-12-7-8-14-31(29)23-28/h7-15,17-20,23,32-33,39H,5-6,16,21-22,24-27H2,1-4H3,(H,40,44)/t32?,33-/m0/s1. The van der Waals surface area contributed by atoms with E-state index >= 15 is 0 Å². The first-order chi connectivity index (χ1) is 21.7. The Balaban J connectivity index is 1.29. The van der Waals surface area contributed by atoms with Crippen LogP contribution >= 0.6 is 0 Å². The van der Waals surface area contributed by atoms with Gasteiger partial charge in [-0.05, 0) is 66.4 Å². The van der Waals surface area contributed by atoms with Crippen molar-refractivity contribution in [2.75, 3.05) is 32.7 Å². The molecule has 1 saturated heterocycles. The van der Waals surface area contributed by atoms with E-state index in [-0.39, 0.29) is 18.0 Å². The lowest BCUT2D eigenvalue weighted by Crippen LogP contribution is -2.58. The highest BCUT2D eigenvalue weighted by Crippen LogP contribution is 2.23. The van der Waals surface area contributed by atoms with Crippen molar-refractivity contribution < 1.29 is 14.3 Å². The van der Waals surface area contributed by atoms with E-state index in [1.54, 1.807) is 0 Å². The summed E-state index contributed by atoms with van der Waals surface area (Å²) in [5.41, 5.74) is 1.41. The molecule has 0 bridgehead atoms. The Morgan fingerprint density at radius 2 is 1.64 bits per heavy atom. The molecule has 7 nitrogen and oxygen atoms in total. The Morgan fingerprint density at radius 1 is 0.911 bits per heavy atom. The van der Waals surface area contributed by atoms with Crippen LogP contribution in [0.1, 0.15) is 62.9 Å². The van der Waals surface area contributed by atoms with Gasteiger partial charge < -0.3 is 20.3 Å². The van der Waals surface area contributed by atoms with Crippen LogP contribution in [0.15, 0.2) is 84.9 Å². The normalized spacial score (nSPS) is 16.5. The van der Waals surface area contributed by atoms with Gasteiger partial charge in [0.2, 0.25) is 0 Å². The Labute approximate surface area is 267 Å². The minimum absolute atomic E-state index is 0.00608. The van der Waals surface area contributed by atoms with E-state index in [0.717, 1.165) is 48.7 Å². The first kappa shape index (κ1) is 32.5. The average Bonchev–Trinajstić information content (AvgIpc) is 3.04. The fourth-order valence-electron chi connectivity index (χ4n) is 6.23. The maximum Gasteiger partial charge on any atom is 0.407 e. The van der Waals surface area contributed by atoms with Crippen molar-refractivity contribution in [1.29, 1.82) is 0 Å². The van der Waals surface area contributed by atoms with Crippen molar-refractivity contribution in [2.24, 2.45) is 0 Å². The maximum atomic E-state index is 13.8. The summed E-state index contributed by atoms with van der Waals surface area (Å²) in [6.07, 6.45) is 2.81. The second-order valence-electron chi connectivity index (χ2n) is 13.2. The summed E-state index contributed by atoms with van der Waals surface area (Å²) < 4.78 is 5.54. The zero-order valence-electron chi connectivity index (χ0n) is 27.2. The van der Waals surface area contributed by atoms with E-state index < -0.39 is 11.7 Å². The molecule has 7 heteroatoms. The monoisotopic (exact) mass is 608 g/mol. The van der Waals surface area contributed by atoms with Crippen molar-refractivity contribution in [1.82, 2.24) is 20.4 Å². The Kier molecular flexibility index (Phi) is 10.7. The molecule has 1 unspecified atom stereocenters. The quantitative estimate of drug-likeness (QED) is 0.192. The predicted molar refractivity (Wildman–Crippen MR) is 184 cm³/mol. The molecule has 0 spiro atoms. The largest absolute Gasteiger partial charge is 0.444 e. The highest BCUT2D eigenvalue weighted by atomic mass is 16.6. The minimum atomic E-state index is -0.559. The van der Waals surface area contributed by atoms with Gasteiger partial charge in [-0.3, -0.25) is 9.69 Å². The summed E-state index contributed by atoms with van der Waals surface area (Å²) in [5, 5.41) is 11.3. The van der Waals surface area contributed by atoms with Gasteiger partial charge in [0.25, 0.3) is 5.91 Å². The number of fused-ring (bicyclic) bond motifs is 2. The van der Waals surface area contributed by atoms with E-state index in [0.29, 0.717) is 26.2 Å². The summed E-state index contributed by atoms with van der Waals surface area (Å²) in [4.78, 5) is 31.0. The van der Waals surface area contributed by atoms with E-state index in [2.05, 4.69) is 77.1 Å². The third-order valence-corrected chi connectivity index (χ3v) is 8.56. The van der Waals surface area contributed by atoms with E-state index in [4.69, 9.17) is 4.74 Å². The second-order valence-corrected chi connectivity index (χ2v) is 13.2. The van der Waals surface area contributed by atoms with Gasteiger partial charge in [0, 0.05) is 56.9 Å². The summed E-state index contributed by atoms with van der Waals surface area (Å²) >= 11 is 0. The lowest BCUT2D eigenvalue weighted by molar-refractivity contribution is 0.0406. The summed E-state index contributed by atoms with van der Waals surface area (Å²) in [6, 6.07) is 29.3. The molecule has 2 amide bonds. The second kappa shape index (κ2) is 14.9. The maximum absolute atomic E-state index is 13.8. The van der Waals surface area contributed by atoms with Crippen LogP contribution in [0.5, 0.6) is 0 Å². The number of benzene rings is 4. The van der Waals surface area contributed by atoms with Crippen LogP contribution < -0.4 is 10.6 Å². The number of alkyl carbamates (subject to hydrolysis) is 1. The molecule has 1 fully saturated rings. The molecule has 1 aliphatic rings. The molecular formula is C38H48N4O3. The Morgan fingerprint density at radius 3 is 2.42 bits per heavy atom. The van der Waals surface area contributed by atoms with Gasteiger partial charge in [-0.25, -0.2) is 4.79 Å². The number of nitrogens with one attached hydrogen (secondary N) is 2. The number of carbonyl (C=O) groups excluding carboxylic acids is 2. The minimum Gasteiger partial charge on any atom is -0.444 e. The number of ether oxygens (including phenoxy) is 1. The molecule has 0 aliphatic carbocycles. The predicted octanol–water partition coefficient (Wildman–Crippen LogP) is 6.99. The first-order valence-corrected chi connectivity index (χ1v) is 16.4. The van der Waals surface area contributed by atoms with Crippen molar-refractivity contribution in [2.45, 2.75) is 71.2 Å². The molecule has 2 N–H and O–H groups in total. The lowest BCUT2D eigenvalue weighted by atomic mass is 10.0. The average molecular weight is 609 g/mol. The number of unbranched alkanes of at least 4 members (excludes halogenated alkanes) is 1. The fraction of sp³-hybridized carbons (Fsp3) is 0.421. The molecule has 0 radical (unpaired) electrons. The molecule has 4 aromatic carbocycles. The van der Waals surface area contributed by atoms with Crippen LogP contribution in [0.4, 0.5) is 4.79 Å². The van der Waals surface area contributed by atoms with E-state index in [1.165, 1.54) is 16.3 Å². The van der Waals surface area contributed by atoms with Crippen LogP contribution in [0.3, 0.4) is 0 Å². The zero-order chi connectivity index (χ0) is 31.8. The van der Waals surface area contributed by atoms with Crippen molar-refractivity contribution >= 4 is 33.5 Å². The zero-order valence-corrected chi connectivity index (χ0v) is 27.2. The van der Waals surface area contributed by atoms with Gasteiger partial charge in [0.1, 0.15) is 5.60 Å². The highest BCUT2D eigenvalue weighted by molar-refractivity contribution is 6.07. The number of amides is 2. The number of rotatable bonds is 11. The van der Waals surface area contributed by atoms with Crippen molar-refractivity contribution in [3.8, 4) is 0 Å². The molecule has 0 saturated carbocycles. The molecule has 1 aliphatic heterocycles. The molecule has 1 heterocycles. The van der Waals surface area contributed by atoms with Crippen LogP contribution in [-0.2, 0) is 11.3 Å². The number of carbonyl (C=O) groups is 2. The topological polar surface area (TPSA) is 73.9 Å². The third-order valence-electron chi connectivity index (χ3n) is 8.56. The number of nitrogens with zero attached hydrogens (tertiary/aromatic N) is 2. The Bertz CT molecular complexity index is 1590. The Hall–Kier alpha value is -3.94. The van der Waals surface area contributed by atoms with Gasteiger partial charge >= 0.3 is 6.09 Å². The van der Waals surface area contributed by atoms with Crippen LogP contribution in [-0.4, -0.2) is 72.2 Å². The van der Waals surface area contributed by atoms with E-state index in [9.17, 15) is 9.59 Å². The van der Waals surface area contributed by atoms with Crippen LogP contribution in [0.25, 0.3) is 21.5 Å². The van der Waals surface area contributed by atoms with Gasteiger partial charge in [0.15, 0.2) is 0 Å². The summed E-state index contributed by atoms with van der Waals surface area (Å²) in [6.45, 7) is 11.9. The first-order valence-electron chi connectivity index (χ1n) is 16.4. The SMILES string of the molecule is CCCC[C@H]1CN(C(=O)c2cccc3ccccc23)CCN1CC(CNC(=O)OC(C)(C)C)NCc1ccc2ccccc2c1. The van der Waals surface area contributed by atoms with Crippen molar-refractivity contribution in [3.63, 3.8) is 0 Å². The molecule has 0 aromatic heterocycles. The number of hydrogen-bond donors (Lipinski definition) is 2. The summed E-state index contributed by atoms with van der Waals surface area (Å²) in [7, 11) is 0. The van der Waals surface area contributed by atoms with Gasteiger partial charge in [-0.1, -0.05) is 92.6 Å². The van der Waals surface area contributed by atoms with Gasteiger partial charge in [-0.2, -0.15) is 0 Å². The highest BCUT2D eigenvalue weighted by Gasteiger charge is 2.31. The van der Waals surface area contributed by atoms with Gasteiger partial charge in [0.05, 0.1) is 0 Å². The third kappa shape index (κ3) is 8.83. The molecular weight excluding hydrogens is 560 g/mol. The molecule has 238 valence electrons. The van der Waals surface area contributed by atoms with Crippen LogP contribution in [0.2, 0.25) is 0 Å². The number of hydrogen-bond acceptors (Lipinski definition) is 5. The molecule has 45 heavy (non-hydrogen) atoms. The van der Waals surface area contributed by atoms with Crippen molar-refractivity contribution in [3.05, 3.63) is 96.1 Å². The number of piperazine rings is 1. The molecule has 5 rings (SSSR count). The fourth-order valence-corrected chi connectivity index (χ4v) is 6.23. The smallest absolute Gasteiger partial charge is 0.407 e. The molecule has 2 atom stereocenters.